The lowest BCUT2D eigenvalue weighted by atomic mass is 9.85. The normalized spacial score (nSPS) is 21.2. The molecule has 1 saturated carbocycles. The van der Waals surface area contributed by atoms with E-state index in [1.54, 1.807) is 0 Å². The summed E-state index contributed by atoms with van der Waals surface area (Å²) in [4.78, 5) is 23.3. The van der Waals surface area contributed by atoms with Gasteiger partial charge in [0.2, 0.25) is 0 Å². The first-order valence-electron chi connectivity index (χ1n) is 28.7. The van der Waals surface area contributed by atoms with Crippen molar-refractivity contribution >= 4 is 13.8 Å². The molecule has 0 aliphatic heterocycles. The van der Waals surface area contributed by atoms with Crippen molar-refractivity contribution in [3.05, 3.63) is 109 Å². The van der Waals surface area contributed by atoms with Crippen LogP contribution in [0.15, 0.2) is 109 Å². The summed E-state index contributed by atoms with van der Waals surface area (Å²) in [6.45, 7) is 4.02. The molecule has 0 spiro atoms. The summed E-state index contributed by atoms with van der Waals surface area (Å²) in [6.07, 6.45) is 58.6. The number of hydrogen-bond acceptors (Lipinski definition) is 11. The number of ether oxygens (including phenoxy) is 2. The second-order valence-corrected chi connectivity index (χ2v) is 20.8. The van der Waals surface area contributed by atoms with Crippen LogP contribution in [0.1, 0.15) is 206 Å². The summed E-state index contributed by atoms with van der Waals surface area (Å²) in [5, 5.41) is 50.5. The zero-order chi connectivity index (χ0) is 54.0. The van der Waals surface area contributed by atoms with Gasteiger partial charge in [0, 0.05) is 13.0 Å². The van der Waals surface area contributed by atoms with Gasteiger partial charge < -0.3 is 39.9 Å². The van der Waals surface area contributed by atoms with E-state index in [2.05, 4.69) is 123 Å². The Hall–Kier alpha value is -3.00. The first-order valence-corrected chi connectivity index (χ1v) is 30.2. The van der Waals surface area contributed by atoms with E-state index < -0.39 is 63.1 Å². The molecule has 0 saturated heterocycles. The highest BCUT2D eigenvalue weighted by Gasteiger charge is 2.51. The Labute approximate surface area is 448 Å². The molecule has 1 aliphatic rings. The summed E-state index contributed by atoms with van der Waals surface area (Å²) >= 11 is 0. The number of aliphatic hydroxyl groups excluding tert-OH is 5. The number of unbranched alkanes of at least 4 members (excludes halogenated alkanes) is 18. The highest BCUT2D eigenvalue weighted by molar-refractivity contribution is 7.47. The van der Waals surface area contributed by atoms with Gasteiger partial charge in [-0.15, -0.1) is 0 Å². The van der Waals surface area contributed by atoms with Gasteiger partial charge >= 0.3 is 13.8 Å². The van der Waals surface area contributed by atoms with E-state index in [4.69, 9.17) is 18.5 Å². The molecule has 0 radical (unpaired) electrons. The molecule has 6 unspecified atom stereocenters. The van der Waals surface area contributed by atoms with Crippen LogP contribution in [0.3, 0.4) is 0 Å². The average molecular weight is 1060 g/mol. The molecule has 0 aromatic rings. The topological polar surface area (TPSA) is 192 Å². The fraction of sp³-hybridized carbons (Fsp3) is 0.689. The van der Waals surface area contributed by atoms with Crippen molar-refractivity contribution in [2.24, 2.45) is 0 Å². The first kappa shape index (κ1) is 69.0. The molecule has 0 aromatic heterocycles. The highest BCUT2D eigenvalue weighted by Crippen LogP contribution is 2.47. The van der Waals surface area contributed by atoms with E-state index >= 15 is 0 Å². The van der Waals surface area contributed by atoms with Crippen LogP contribution < -0.4 is 0 Å². The van der Waals surface area contributed by atoms with Crippen molar-refractivity contribution < 1.29 is 58.3 Å². The minimum Gasteiger partial charge on any atom is -0.457 e. The van der Waals surface area contributed by atoms with Gasteiger partial charge in [-0.2, -0.15) is 0 Å². The molecule has 0 bridgehead atoms. The molecule has 1 aliphatic carbocycles. The Bertz CT molecular complexity index is 1630. The fourth-order valence-electron chi connectivity index (χ4n) is 8.20. The lowest BCUT2D eigenvalue weighted by molar-refractivity contribution is -0.220. The van der Waals surface area contributed by atoms with Gasteiger partial charge in [0.25, 0.3) is 0 Å². The number of allylic oxidation sites excluding steroid dienone is 18. The second kappa shape index (κ2) is 49.6. The lowest BCUT2D eigenvalue weighted by Gasteiger charge is -2.41. The smallest absolute Gasteiger partial charge is 0.457 e. The summed E-state index contributed by atoms with van der Waals surface area (Å²) in [5.74, 6) is -0.489. The van der Waals surface area contributed by atoms with Gasteiger partial charge in [-0.05, 0) is 96.3 Å². The number of carbonyl (C=O) groups excluding carboxylic acids is 1. The average Bonchev–Trinajstić information content (AvgIpc) is 3.39. The third-order valence-electron chi connectivity index (χ3n) is 12.6. The van der Waals surface area contributed by atoms with Crippen molar-refractivity contribution in [1.29, 1.82) is 0 Å². The van der Waals surface area contributed by atoms with Crippen molar-refractivity contribution in [1.82, 2.24) is 0 Å². The fourth-order valence-corrected chi connectivity index (χ4v) is 9.17. The largest absolute Gasteiger partial charge is 0.472 e. The number of hydrogen-bond donors (Lipinski definition) is 6. The maximum Gasteiger partial charge on any atom is 0.472 e. The minimum atomic E-state index is -5.04. The molecule has 12 nitrogen and oxygen atoms in total. The van der Waals surface area contributed by atoms with Crippen LogP contribution in [0.4, 0.5) is 0 Å². The van der Waals surface area contributed by atoms with Crippen LogP contribution >= 0.6 is 7.82 Å². The Balaban J connectivity index is 2.31. The van der Waals surface area contributed by atoms with Crippen molar-refractivity contribution in [3.63, 3.8) is 0 Å². The standard InChI is InChI=1S/C61H103O12P/c1-3-5-7-9-11-13-15-17-19-21-23-25-27-29-31-33-35-37-39-41-43-45-47-49-51-70-52-54(53-71-74(68,69)73-61-59(66)57(64)56(63)58(65)60(61)67)72-55(62)50-48-46-44-42-40-38-36-34-32-30-28-26-24-22-20-18-16-14-12-10-8-6-4-2/h5-8,11-14,17-20,23-26,29,31,54,56-61,63-67H,3-4,9-10,15-16,21-22,27-28,30,32-53H2,1-2H3,(H,68,69)/b7-5-,8-6-,13-11-,14-12-,19-17-,20-18-,25-23-,26-24-,31-29-. The molecule has 424 valence electrons. The molecule has 6 atom stereocenters. The SMILES string of the molecule is CC/C=C\C/C=C\C/C=C\C/C=C\C/C=C\CCCCCCCCCCOCC(COP(=O)(O)OC1C(O)C(O)C(O)C(O)C1O)OC(=O)CCCCCCCCCCCC/C=C\C/C=C\C/C=C\C/C=C\CC. The predicted octanol–water partition coefficient (Wildman–Crippen LogP) is 14.0. The Morgan fingerprint density at radius 3 is 1.15 bits per heavy atom. The first-order chi connectivity index (χ1) is 36.0. The number of esters is 1. The molecule has 0 amide bonds. The lowest BCUT2D eigenvalue weighted by Crippen LogP contribution is -2.64. The number of carbonyl (C=O) groups is 1. The van der Waals surface area contributed by atoms with Crippen LogP contribution in [0, 0.1) is 0 Å². The number of phosphoric ester groups is 1. The summed E-state index contributed by atoms with van der Waals surface area (Å²) in [5.41, 5.74) is 0. The molecular weight excluding hydrogens is 956 g/mol. The zero-order valence-corrected chi connectivity index (χ0v) is 46.7. The summed E-state index contributed by atoms with van der Waals surface area (Å²) in [7, 11) is -5.04. The van der Waals surface area contributed by atoms with E-state index in [-0.39, 0.29) is 13.0 Å². The van der Waals surface area contributed by atoms with Gasteiger partial charge in [-0.3, -0.25) is 13.8 Å². The monoisotopic (exact) mass is 1060 g/mol. The van der Waals surface area contributed by atoms with E-state index in [1.807, 2.05) is 0 Å². The van der Waals surface area contributed by atoms with Crippen molar-refractivity contribution in [2.45, 2.75) is 249 Å². The second-order valence-electron chi connectivity index (χ2n) is 19.4. The molecule has 1 rings (SSSR count). The van der Waals surface area contributed by atoms with Crippen molar-refractivity contribution in [3.8, 4) is 0 Å². The van der Waals surface area contributed by atoms with E-state index in [0.717, 1.165) is 116 Å². The van der Waals surface area contributed by atoms with Crippen LogP contribution in [0.2, 0.25) is 0 Å². The van der Waals surface area contributed by atoms with Crippen LogP contribution in [-0.4, -0.2) is 98.9 Å². The minimum absolute atomic E-state index is 0.0909. The van der Waals surface area contributed by atoms with Crippen LogP contribution in [0.25, 0.3) is 0 Å². The third-order valence-corrected chi connectivity index (χ3v) is 13.6. The molecular formula is C61H103O12P. The van der Waals surface area contributed by atoms with E-state index in [1.165, 1.54) is 64.2 Å². The Kier molecular flexibility index (Phi) is 46.2. The van der Waals surface area contributed by atoms with Crippen LogP contribution in [0.5, 0.6) is 0 Å². The highest BCUT2D eigenvalue weighted by atomic mass is 31.2. The van der Waals surface area contributed by atoms with Gasteiger partial charge in [-0.1, -0.05) is 213 Å². The van der Waals surface area contributed by atoms with E-state index in [9.17, 15) is 39.8 Å². The number of rotatable bonds is 48. The van der Waals surface area contributed by atoms with Gasteiger partial charge in [0.1, 0.15) is 42.7 Å². The predicted molar refractivity (Wildman–Crippen MR) is 304 cm³/mol. The third kappa shape index (κ3) is 40.3. The van der Waals surface area contributed by atoms with Gasteiger partial charge in [-0.25, -0.2) is 4.57 Å². The number of aliphatic hydroxyl groups is 5. The Morgan fingerprint density at radius 2 is 0.757 bits per heavy atom. The zero-order valence-electron chi connectivity index (χ0n) is 45.8. The maximum absolute atomic E-state index is 12.9. The molecule has 1 fully saturated rings. The number of phosphoric acid groups is 1. The molecule has 13 heteroatoms. The molecule has 0 heterocycles. The molecule has 74 heavy (non-hydrogen) atoms. The van der Waals surface area contributed by atoms with E-state index in [0.29, 0.717) is 13.0 Å². The summed E-state index contributed by atoms with van der Waals surface area (Å²) < 4.78 is 34.4. The maximum atomic E-state index is 12.9. The van der Waals surface area contributed by atoms with Gasteiger partial charge in [0.05, 0.1) is 13.2 Å². The molecule has 6 N–H and O–H groups in total. The molecule has 0 aromatic carbocycles. The van der Waals surface area contributed by atoms with Crippen molar-refractivity contribution in [2.75, 3.05) is 19.8 Å². The van der Waals surface area contributed by atoms with Crippen LogP contribution in [-0.2, 0) is 27.9 Å². The summed E-state index contributed by atoms with van der Waals surface area (Å²) in [6, 6.07) is 0. The Morgan fingerprint density at radius 1 is 0.432 bits per heavy atom. The quantitative estimate of drug-likeness (QED) is 0.0146. The van der Waals surface area contributed by atoms with Gasteiger partial charge in [0.15, 0.2) is 0 Å².